The molecule has 0 aromatic carbocycles. The van der Waals surface area contributed by atoms with Gasteiger partial charge in [0.2, 0.25) is 0 Å². The van der Waals surface area contributed by atoms with Crippen molar-refractivity contribution in [1.82, 2.24) is 10.0 Å². The monoisotopic (exact) mass is 154 g/mol. The van der Waals surface area contributed by atoms with E-state index in [1.807, 2.05) is 0 Å². The number of rotatable bonds is 1. The van der Waals surface area contributed by atoms with Gasteiger partial charge in [-0.25, -0.2) is 10.0 Å². The second-order valence-electron chi connectivity index (χ2n) is 3.84. The van der Waals surface area contributed by atoms with E-state index in [1.165, 1.54) is 45.2 Å². The van der Waals surface area contributed by atoms with Gasteiger partial charge >= 0.3 is 0 Å². The van der Waals surface area contributed by atoms with Gasteiger partial charge in [-0.1, -0.05) is 6.42 Å². The molecule has 2 heteroatoms. The van der Waals surface area contributed by atoms with E-state index in [0.717, 1.165) is 6.04 Å². The Morgan fingerprint density at radius 2 is 1.73 bits per heavy atom. The summed E-state index contributed by atoms with van der Waals surface area (Å²) in [5.74, 6) is 0. The van der Waals surface area contributed by atoms with Crippen LogP contribution in [0, 0.1) is 0 Å². The number of hydrogen-bond acceptors (Lipinski definition) is 2. The first-order chi connectivity index (χ1) is 5.38. The molecule has 1 aliphatic carbocycles. The highest BCUT2D eigenvalue weighted by molar-refractivity contribution is 4.79. The van der Waals surface area contributed by atoms with Crippen molar-refractivity contribution < 1.29 is 0 Å². The van der Waals surface area contributed by atoms with E-state index in [4.69, 9.17) is 0 Å². The molecular weight excluding hydrogens is 136 g/mol. The molecule has 1 saturated heterocycles. The fourth-order valence-corrected chi connectivity index (χ4v) is 2.06. The molecule has 1 aliphatic heterocycles. The van der Waals surface area contributed by atoms with Crippen molar-refractivity contribution in [3.05, 3.63) is 0 Å². The van der Waals surface area contributed by atoms with E-state index < -0.39 is 0 Å². The fourth-order valence-electron chi connectivity index (χ4n) is 2.06. The Hall–Kier alpha value is -0.0800. The first-order valence-electron chi connectivity index (χ1n) is 4.85. The zero-order valence-corrected chi connectivity index (χ0v) is 7.42. The van der Waals surface area contributed by atoms with Gasteiger partial charge in [0.15, 0.2) is 0 Å². The van der Waals surface area contributed by atoms with E-state index in [1.54, 1.807) is 0 Å². The molecule has 0 bridgehead atoms. The van der Waals surface area contributed by atoms with Crippen LogP contribution in [0.3, 0.4) is 0 Å². The van der Waals surface area contributed by atoms with Crippen LogP contribution in [-0.4, -0.2) is 36.2 Å². The third kappa shape index (κ3) is 1.42. The molecule has 11 heavy (non-hydrogen) atoms. The summed E-state index contributed by atoms with van der Waals surface area (Å²) >= 11 is 0. The average molecular weight is 154 g/mol. The summed E-state index contributed by atoms with van der Waals surface area (Å²) in [4.78, 5) is 0. The molecule has 0 aromatic rings. The van der Waals surface area contributed by atoms with Crippen molar-refractivity contribution in [3.8, 4) is 0 Å². The van der Waals surface area contributed by atoms with Crippen molar-refractivity contribution >= 4 is 0 Å². The second-order valence-corrected chi connectivity index (χ2v) is 3.84. The summed E-state index contributed by atoms with van der Waals surface area (Å²) in [6.07, 6.45) is 7.12. The van der Waals surface area contributed by atoms with Crippen LogP contribution >= 0.6 is 0 Å². The third-order valence-corrected chi connectivity index (χ3v) is 3.05. The lowest BCUT2D eigenvalue weighted by Gasteiger charge is -2.45. The van der Waals surface area contributed by atoms with Crippen LogP contribution in [0.2, 0.25) is 0 Å². The number of hydrazine groups is 1. The van der Waals surface area contributed by atoms with Crippen LogP contribution < -0.4 is 0 Å². The number of nitrogens with zero attached hydrogens (tertiary/aromatic N) is 2. The molecule has 2 rings (SSSR count). The van der Waals surface area contributed by atoms with Gasteiger partial charge in [-0.15, -0.1) is 0 Å². The molecular formula is C9H18N2. The summed E-state index contributed by atoms with van der Waals surface area (Å²) in [7, 11) is 2.23. The summed E-state index contributed by atoms with van der Waals surface area (Å²) in [5, 5.41) is 5.00. The van der Waals surface area contributed by atoms with Crippen LogP contribution in [0.4, 0.5) is 0 Å². The predicted octanol–water partition coefficient (Wildman–Crippen LogP) is 1.48. The molecule has 0 N–H and O–H groups in total. The molecule has 1 heterocycles. The molecule has 0 radical (unpaired) electrons. The normalized spacial score (nSPS) is 30.3. The first kappa shape index (κ1) is 7.56. The van der Waals surface area contributed by atoms with Crippen molar-refractivity contribution in [2.24, 2.45) is 0 Å². The molecule has 0 unspecified atom stereocenters. The predicted molar refractivity (Wildman–Crippen MR) is 46.2 cm³/mol. The van der Waals surface area contributed by atoms with E-state index in [0.29, 0.717) is 0 Å². The summed E-state index contributed by atoms with van der Waals surface area (Å²) < 4.78 is 0. The van der Waals surface area contributed by atoms with Gasteiger partial charge in [0.25, 0.3) is 0 Å². The van der Waals surface area contributed by atoms with Gasteiger partial charge in [0, 0.05) is 26.2 Å². The highest BCUT2D eigenvalue weighted by Crippen LogP contribution is 2.27. The minimum absolute atomic E-state index is 0.903. The maximum absolute atomic E-state index is 2.58. The van der Waals surface area contributed by atoms with Crippen molar-refractivity contribution in [1.29, 1.82) is 0 Å². The smallest absolute Gasteiger partial charge is 0.0245 e. The fraction of sp³-hybridized carbons (Fsp3) is 1.00. The maximum atomic E-state index is 2.58. The Morgan fingerprint density at radius 1 is 1.00 bits per heavy atom. The average Bonchev–Trinajstić information content (AvgIpc) is 1.90. The van der Waals surface area contributed by atoms with Crippen LogP contribution in [-0.2, 0) is 0 Å². The lowest BCUT2D eigenvalue weighted by atomic mass is 9.92. The molecule has 2 aliphatic rings. The topological polar surface area (TPSA) is 6.48 Å². The minimum Gasteiger partial charge on any atom is -0.245 e. The van der Waals surface area contributed by atoms with Crippen LogP contribution in [0.25, 0.3) is 0 Å². The minimum atomic E-state index is 0.903. The zero-order valence-electron chi connectivity index (χ0n) is 7.42. The SMILES string of the molecule is CN1CCCCN1C1CCC1. The molecule has 1 saturated carbocycles. The summed E-state index contributed by atoms with van der Waals surface area (Å²) in [6.45, 7) is 2.58. The van der Waals surface area contributed by atoms with Gasteiger partial charge in [-0.05, 0) is 25.7 Å². The number of hydrogen-bond donors (Lipinski definition) is 0. The lowest BCUT2D eigenvalue weighted by Crippen LogP contribution is -2.52. The lowest BCUT2D eigenvalue weighted by molar-refractivity contribution is -0.0856. The Balaban J connectivity index is 1.88. The second kappa shape index (κ2) is 3.11. The standard InChI is InChI=1S/C9H18N2/c1-10-7-2-3-8-11(10)9-5-4-6-9/h9H,2-8H2,1H3. The molecule has 0 amide bonds. The maximum Gasteiger partial charge on any atom is 0.0245 e. The van der Waals surface area contributed by atoms with Gasteiger partial charge in [0.05, 0.1) is 0 Å². The molecule has 2 fully saturated rings. The van der Waals surface area contributed by atoms with Gasteiger partial charge in [-0.3, -0.25) is 0 Å². The first-order valence-corrected chi connectivity index (χ1v) is 4.85. The van der Waals surface area contributed by atoms with E-state index in [9.17, 15) is 0 Å². The van der Waals surface area contributed by atoms with Crippen molar-refractivity contribution in [2.75, 3.05) is 20.1 Å². The molecule has 0 aromatic heterocycles. The van der Waals surface area contributed by atoms with Crippen molar-refractivity contribution in [2.45, 2.75) is 38.1 Å². The Morgan fingerprint density at radius 3 is 2.27 bits per heavy atom. The Bertz CT molecular complexity index is 130. The summed E-state index contributed by atoms with van der Waals surface area (Å²) in [5.41, 5.74) is 0. The Labute approximate surface area is 69.1 Å². The zero-order chi connectivity index (χ0) is 7.68. The van der Waals surface area contributed by atoms with E-state index >= 15 is 0 Å². The molecule has 0 atom stereocenters. The van der Waals surface area contributed by atoms with Crippen LogP contribution in [0.1, 0.15) is 32.1 Å². The van der Waals surface area contributed by atoms with Crippen LogP contribution in [0.5, 0.6) is 0 Å². The van der Waals surface area contributed by atoms with Crippen LogP contribution in [0.15, 0.2) is 0 Å². The highest BCUT2D eigenvalue weighted by atomic mass is 15.6. The molecule has 2 nitrogen and oxygen atoms in total. The molecule has 0 spiro atoms. The summed E-state index contributed by atoms with van der Waals surface area (Å²) in [6, 6.07) is 0.903. The van der Waals surface area contributed by atoms with Gasteiger partial charge in [0.1, 0.15) is 0 Å². The van der Waals surface area contributed by atoms with E-state index in [2.05, 4.69) is 17.1 Å². The third-order valence-electron chi connectivity index (χ3n) is 3.05. The molecule has 64 valence electrons. The van der Waals surface area contributed by atoms with Gasteiger partial charge in [-0.2, -0.15) is 0 Å². The Kier molecular flexibility index (Phi) is 2.14. The quantitative estimate of drug-likeness (QED) is 0.564. The largest absolute Gasteiger partial charge is 0.245 e. The highest BCUT2D eigenvalue weighted by Gasteiger charge is 2.28. The van der Waals surface area contributed by atoms with E-state index in [-0.39, 0.29) is 0 Å². The van der Waals surface area contributed by atoms with Gasteiger partial charge < -0.3 is 0 Å². The van der Waals surface area contributed by atoms with Crippen molar-refractivity contribution in [3.63, 3.8) is 0 Å².